The summed E-state index contributed by atoms with van der Waals surface area (Å²) in [6.07, 6.45) is 4.28. The first-order chi connectivity index (χ1) is 9.43. The molecule has 0 amide bonds. The van der Waals surface area contributed by atoms with Crippen LogP contribution in [-0.2, 0) is 0 Å². The van der Waals surface area contributed by atoms with Gasteiger partial charge in [-0.15, -0.1) is 0 Å². The predicted molar refractivity (Wildman–Crippen MR) is 87.1 cm³/mol. The van der Waals surface area contributed by atoms with Crippen LogP contribution in [0, 0.1) is 5.92 Å². The van der Waals surface area contributed by atoms with E-state index >= 15 is 0 Å². The maximum absolute atomic E-state index is 9.91. The molecule has 3 nitrogen and oxygen atoms in total. The smallest absolute Gasteiger partial charge is 0.0529 e. The fourth-order valence-corrected chi connectivity index (χ4v) is 3.87. The first kappa shape index (κ1) is 17.9. The summed E-state index contributed by atoms with van der Waals surface area (Å²) in [5.41, 5.74) is 0.215. The SMILES string of the molecule is CCCC(CC)(CC(C)O)N1CCN(CC(C)C)CC1. The number of piperazine rings is 1. The minimum absolute atomic E-state index is 0.199. The molecule has 0 saturated carbocycles. The van der Waals surface area contributed by atoms with Crippen LogP contribution in [0.1, 0.15) is 60.3 Å². The second-order valence-electron chi connectivity index (χ2n) is 7.06. The van der Waals surface area contributed by atoms with Crippen molar-refractivity contribution in [2.75, 3.05) is 32.7 Å². The molecule has 1 fully saturated rings. The highest BCUT2D eigenvalue weighted by atomic mass is 16.3. The van der Waals surface area contributed by atoms with Crippen molar-refractivity contribution in [1.29, 1.82) is 0 Å². The second-order valence-corrected chi connectivity index (χ2v) is 7.06. The standard InChI is InChI=1S/C17H36N2O/c1-6-8-17(7-2,13-16(5)20)19-11-9-18(10-12-19)14-15(3)4/h15-16,20H,6-14H2,1-5H3. The van der Waals surface area contributed by atoms with Gasteiger partial charge in [-0.3, -0.25) is 4.90 Å². The Morgan fingerprint density at radius 3 is 2.05 bits per heavy atom. The van der Waals surface area contributed by atoms with E-state index in [9.17, 15) is 5.11 Å². The lowest BCUT2D eigenvalue weighted by Crippen LogP contribution is -2.58. The Balaban J connectivity index is 2.64. The fraction of sp³-hybridized carbons (Fsp3) is 1.00. The molecule has 2 atom stereocenters. The van der Waals surface area contributed by atoms with Crippen LogP contribution in [-0.4, -0.2) is 59.3 Å². The van der Waals surface area contributed by atoms with Crippen LogP contribution in [0.2, 0.25) is 0 Å². The van der Waals surface area contributed by atoms with E-state index in [-0.39, 0.29) is 11.6 Å². The van der Waals surface area contributed by atoms with Crippen LogP contribution < -0.4 is 0 Å². The van der Waals surface area contributed by atoms with Gasteiger partial charge in [0.15, 0.2) is 0 Å². The lowest BCUT2D eigenvalue weighted by Gasteiger charge is -2.48. The van der Waals surface area contributed by atoms with Crippen molar-refractivity contribution >= 4 is 0 Å². The molecule has 0 bridgehead atoms. The molecule has 120 valence electrons. The van der Waals surface area contributed by atoms with Crippen molar-refractivity contribution in [3.8, 4) is 0 Å². The summed E-state index contributed by atoms with van der Waals surface area (Å²) in [7, 11) is 0. The molecular formula is C17H36N2O. The molecule has 0 aromatic rings. The lowest BCUT2D eigenvalue weighted by atomic mass is 9.82. The first-order valence-corrected chi connectivity index (χ1v) is 8.59. The van der Waals surface area contributed by atoms with Crippen molar-refractivity contribution in [2.45, 2.75) is 71.9 Å². The van der Waals surface area contributed by atoms with Gasteiger partial charge in [-0.05, 0) is 32.1 Å². The third-order valence-corrected chi connectivity index (χ3v) is 4.72. The van der Waals surface area contributed by atoms with E-state index in [1.807, 2.05) is 6.92 Å². The zero-order chi connectivity index (χ0) is 15.2. The van der Waals surface area contributed by atoms with Crippen LogP contribution in [0.4, 0.5) is 0 Å². The summed E-state index contributed by atoms with van der Waals surface area (Å²) in [4.78, 5) is 5.26. The van der Waals surface area contributed by atoms with E-state index in [4.69, 9.17) is 0 Å². The monoisotopic (exact) mass is 284 g/mol. The van der Waals surface area contributed by atoms with Crippen LogP contribution in [0.25, 0.3) is 0 Å². The first-order valence-electron chi connectivity index (χ1n) is 8.59. The van der Waals surface area contributed by atoms with Crippen molar-refractivity contribution in [3.05, 3.63) is 0 Å². The number of aliphatic hydroxyl groups is 1. The molecular weight excluding hydrogens is 248 g/mol. The lowest BCUT2D eigenvalue weighted by molar-refractivity contribution is -0.00969. The van der Waals surface area contributed by atoms with Crippen molar-refractivity contribution in [3.63, 3.8) is 0 Å². The largest absolute Gasteiger partial charge is 0.393 e. The van der Waals surface area contributed by atoms with Gasteiger partial charge < -0.3 is 10.0 Å². The normalized spacial score (nSPS) is 22.9. The third kappa shape index (κ3) is 5.01. The average molecular weight is 284 g/mol. The van der Waals surface area contributed by atoms with Crippen LogP contribution in [0.15, 0.2) is 0 Å². The van der Waals surface area contributed by atoms with Gasteiger partial charge in [0.1, 0.15) is 0 Å². The Morgan fingerprint density at radius 1 is 1.05 bits per heavy atom. The minimum atomic E-state index is -0.199. The molecule has 20 heavy (non-hydrogen) atoms. The molecule has 0 aromatic carbocycles. The summed E-state index contributed by atoms with van der Waals surface area (Å²) in [6, 6.07) is 0. The average Bonchev–Trinajstić information content (AvgIpc) is 2.37. The molecule has 1 N–H and O–H groups in total. The molecule has 1 rings (SSSR count). The zero-order valence-electron chi connectivity index (χ0n) is 14.4. The van der Waals surface area contributed by atoms with E-state index in [2.05, 4.69) is 37.5 Å². The summed E-state index contributed by atoms with van der Waals surface area (Å²) in [6.45, 7) is 17.0. The molecule has 0 spiro atoms. The van der Waals surface area contributed by atoms with Crippen LogP contribution in [0.3, 0.4) is 0 Å². The zero-order valence-corrected chi connectivity index (χ0v) is 14.4. The van der Waals surface area contributed by atoms with Gasteiger partial charge in [0.05, 0.1) is 6.10 Å². The molecule has 0 aromatic heterocycles. The number of hydrogen-bond donors (Lipinski definition) is 1. The quantitative estimate of drug-likeness (QED) is 0.742. The molecule has 1 saturated heterocycles. The summed E-state index contributed by atoms with van der Waals surface area (Å²) in [5.74, 6) is 0.755. The van der Waals surface area contributed by atoms with E-state index in [0.717, 1.165) is 31.8 Å². The Labute approximate surface area is 126 Å². The molecule has 0 aliphatic carbocycles. The maximum Gasteiger partial charge on any atom is 0.0529 e. The number of aliphatic hydroxyl groups excluding tert-OH is 1. The van der Waals surface area contributed by atoms with E-state index in [0.29, 0.717) is 0 Å². The Hall–Kier alpha value is -0.120. The molecule has 3 heteroatoms. The summed E-state index contributed by atoms with van der Waals surface area (Å²) in [5, 5.41) is 9.91. The highest BCUT2D eigenvalue weighted by Gasteiger charge is 2.36. The van der Waals surface area contributed by atoms with Crippen molar-refractivity contribution in [1.82, 2.24) is 9.80 Å². The summed E-state index contributed by atoms with van der Waals surface area (Å²) < 4.78 is 0. The van der Waals surface area contributed by atoms with Gasteiger partial charge in [-0.25, -0.2) is 0 Å². The number of rotatable bonds is 8. The molecule has 2 unspecified atom stereocenters. The fourth-order valence-electron chi connectivity index (χ4n) is 3.87. The van der Waals surface area contributed by atoms with Gasteiger partial charge >= 0.3 is 0 Å². The van der Waals surface area contributed by atoms with Crippen molar-refractivity contribution < 1.29 is 5.11 Å². The van der Waals surface area contributed by atoms with Gasteiger partial charge in [0.25, 0.3) is 0 Å². The number of nitrogens with zero attached hydrogens (tertiary/aromatic N) is 2. The maximum atomic E-state index is 9.91. The Kier molecular flexibility index (Phi) is 7.49. The van der Waals surface area contributed by atoms with Gasteiger partial charge in [-0.1, -0.05) is 34.1 Å². The summed E-state index contributed by atoms with van der Waals surface area (Å²) >= 11 is 0. The second kappa shape index (κ2) is 8.35. The Morgan fingerprint density at radius 2 is 1.65 bits per heavy atom. The molecule has 1 aliphatic rings. The van der Waals surface area contributed by atoms with Crippen LogP contribution in [0.5, 0.6) is 0 Å². The topological polar surface area (TPSA) is 26.7 Å². The van der Waals surface area contributed by atoms with Crippen molar-refractivity contribution in [2.24, 2.45) is 5.92 Å². The highest BCUT2D eigenvalue weighted by molar-refractivity contribution is 4.93. The van der Waals surface area contributed by atoms with E-state index < -0.39 is 0 Å². The molecule has 0 radical (unpaired) electrons. The van der Waals surface area contributed by atoms with E-state index in [1.165, 1.54) is 32.5 Å². The minimum Gasteiger partial charge on any atom is -0.393 e. The molecule has 1 heterocycles. The molecule has 1 aliphatic heterocycles. The highest BCUT2D eigenvalue weighted by Crippen LogP contribution is 2.32. The third-order valence-electron chi connectivity index (χ3n) is 4.72. The van der Waals surface area contributed by atoms with Crippen LogP contribution >= 0.6 is 0 Å². The van der Waals surface area contributed by atoms with E-state index in [1.54, 1.807) is 0 Å². The predicted octanol–water partition coefficient (Wildman–Crippen LogP) is 2.98. The van der Waals surface area contributed by atoms with Gasteiger partial charge in [-0.2, -0.15) is 0 Å². The number of hydrogen-bond acceptors (Lipinski definition) is 3. The van der Waals surface area contributed by atoms with Gasteiger partial charge in [0.2, 0.25) is 0 Å². The van der Waals surface area contributed by atoms with Gasteiger partial charge in [0, 0.05) is 38.3 Å². The Bertz CT molecular complexity index is 260.